The Balaban J connectivity index is 1.77. The zero-order valence-electron chi connectivity index (χ0n) is 14.3. The molecule has 0 saturated carbocycles. The number of amides is 1. The van der Waals surface area contributed by atoms with Crippen LogP contribution in [0.25, 0.3) is 0 Å². The number of hydrogen-bond acceptors (Lipinski definition) is 5. The summed E-state index contributed by atoms with van der Waals surface area (Å²) < 4.78 is 10.4. The highest BCUT2D eigenvalue weighted by Crippen LogP contribution is 2.13. The van der Waals surface area contributed by atoms with E-state index >= 15 is 0 Å². The van der Waals surface area contributed by atoms with Crippen molar-refractivity contribution in [1.82, 2.24) is 5.43 Å². The summed E-state index contributed by atoms with van der Waals surface area (Å²) in [6.45, 7) is 2.10. The Labute approximate surface area is 156 Å². The molecule has 0 aliphatic heterocycles. The molecule has 7 heteroatoms. The van der Waals surface area contributed by atoms with Crippen molar-refractivity contribution in [2.75, 3.05) is 13.2 Å². The van der Waals surface area contributed by atoms with Gasteiger partial charge in [-0.15, -0.1) is 0 Å². The van der Waals surface area contributed by atoms with E-state index in [4.69, 9.17) is 21.1 Å². The summed E-state index contributed by atoms with van der Waals surface area (Å²) in [5.41, 5.74) is 3.56. The molecule has 0 radical (unpaired) electrons. The van der Waals surface area contributed by atoms with Crippen LogP contribution in [0.15, 0.2) is 53.6 Å². The summed E-state index contributed by atoms with van der Waals surface area (Å²) in [7, 11) is 0. The number of rotatable bonds is 8. The van der Waals surface area contributed by atoms with Crippen molar-refractivity contribution in [2.45, 2.75) is 13.3 Å². The highest BCUT2D eigenvalue weighted by molar-refractivity contribution is 6.30. The van der Waals surface area contributed by atoms with Gasteiger partial charge < -0.3 is 9.47 Å². The fourth-order valence-corrected chi connectivity index (χ4v) is 2.11. The van der Waals surface area contributed by atoms with Crippen molar-refractivity contribution in [3.8, 4) is 5.75 Å². The quantitative estimate of drug-likeness (QED) is 0.436. The van der Waals surface area contributed by atoms with Gasteiger partial charge in [0, 0.05) is 5.02 Å². The third kappa shape index (κ3) is 6.57. The molecule has 26 heavy (non-hydrogen) atoms. The molecule has 6 nitrogen and oxygen atoms in total. The molecule has 0 spiro atoms. The van der Waals surface area contributed by atoms with Gasteiger partial charge in [0.15, 0.2) is 6.61 Å². The van der Waals surface area contributed by atoms with Crippen LogP contribution in [0.2, 0.25) is 5.02 Å². The zero-order valence-corrected chi connectivity index (χ0v) is 15.0. The Bertz CT molecular complexity index is 775. The van der Waals surface area contributed by atoms with E-state index in [2.05, 4.69) is 10.5 Å². The van der Waals surface area contributed by atoms with Crippen LogP contribution in [0.1, 0.15) is 29.3 Å². The maximum Gasteiger partial charge on any atom is 0.338 e. The first-order valence-electron chi connectivity index (χ1n) is 8.06. The van der Waals surface area contributed by atoms with Crippen molar-refractivity contribution in [3.05, 3.63) is 64.7 Å². The number of benzene rings is 2. The van der Waals surface area contributed by atoms with E-state index in [0.29, 0.717) is 22.9 Å². The number of hydrogen-bond donors (Lipinski definition) is 1. The number of hydrazone groups is 1. The Morgan fingerprint density at radius 1 is 1.19 bits per heavy atom. The molecule has 136 valence electrons. The van der Waals surface area contributed by atoms with E-state index in [1.165, 1.54) is 6.21 Å². The molecular formula is C19H19ClN2O4. The molecule has 2 aromatic carbocycles. The maximum atomic E-state index is 11.7. The first-order chi connectivity index (χ1) is 12.6. The molecule has 1 N–H and O–H groups in total. The van der Waals surface area contributed by atoms with Crippen LogP contribution in [-0.2, 0) is 9.53 Å². The third-order valence-electron chi connectivity index (χ3n) is 3.15. The number of esters is 1. The molecule has 0 fully saturated rings. The van der Waals surface area contributed by atoms with Gasteiger partial charge in [0.25, 0.3) is 5.91 Å². The van der Waals surface area contributed by atoms with Crippen molar-refractivity contribution < 1.29 is 19.1 Å². The lowest BCUT2D eigenvalue weighted by atomic mass is 10.2. The molecular weight excluding hydrogens is 356 g/mol. The smallest absolute Gasteiger partial charge is 0.338 e. The average molecular weight is 375 g/mol. The Morgan fingerprint density at radius 3 is 2.65 bits per heavy atom. The van der Waals surface area contributed by atoms with E-state index in [9.17, 15) is 9.59 Å². The molecule has 0 aromatic heterocycles. The lowest BCUT2D eigenvalue weighted by Crippen LogP contribution is -2.24. The summed E-state index contributed by atoms with van der Waals surface area (Å²) in [5, 5.41) is 4.42. The molecule has 1 amide bonds. The Kier molecular flexibility index (Phi) is 7.64. The van der Waals surface area contributed by atoms with Gasteiger partial charge in [-0.05, 0) is 48.4 Å². The van der Waals surface area contributed by atoms with Crippen molar-refractivity contribution in [2.24, 2.45) is 5.10 Å². The lowest BCUT2D eigenvalue weighted by Gasteiger charge is -2.06. The van der Waals surface area contributed by atoms with Gasteiger partial charge in [-0.25, -0.2) is 10.2 Å². The van der Waals surface area contributed by atoms with E-state index in [1.807, 2.05) is 13.0 Å². The number of nitrogens with one attached hydrogen (secondary N) is 1. The standard InChI is InChI=1S/C19H19ClN2O4/c1-2-10-25-19(24)15-6-8-17(9-7-15)26-13-18(23)22-21-12-14-4-3-5-16(20)11-14/h3-9,11-12H,2,10,13H2,1H3,(H,22,23). The van der Waals surface area contributed by atoms with E-state index in [-0.39, 0.29) is 12.6 Å². The largest absolute Gasteiger partial charge is 0.484 e. The summed E-state index contributed by atoms with van der Waals surface area (Å²) >= 11 is 5.86. The van der Waals surface area contributed by atoms with Gasteiger partial charge in [0.1, 0.15) is 5.75 Å². The highest BCUT2D eigenvalue weighted by Gasteiger charge is 2.07. The number of nitrogens with zero attached hydrogens (tertiary/aromatic N) is 1. The Hall–Kier alpha value is -2.86. The van der Waals surface area contributed by atoms with Crippen LogP contribution in [0.4, 0.5) is 0 Å². The van der Waals surface area contributed by atoms with Gasteiger partial charge in [-0.1, -0.05) is 30.7 Å². The van der Waals surface area contributed by atoms with Gasteiger partial charge in [-0.2, -0.15) is 5.10 Å². The van der Waals surface area contributed by atoms with Crippen LogP contribution in [0, 0.1) is 0 Å². The summed E-state index contributed by atoms with van der Waals surface area (Å²) in [6.07, 6.45) is 2.25. The maximum absolute atomic E-state index is 11.7. The molecule has 0 saturated heterocycles. The SMILES string of the molecule is CCCOC(=O)c1ccc(OCC(=O)NN=Cc2cccc(Cl)c2)cc1. The minimum Gasteiger partial charge on any atom is -0.484 e. The molecule has 0 aliphatic rings. The third-order valence-corrected chi connectivity index (χ3v) is 3.38. The fraction of sp³-hybridized carbons (Fsp3) is 0.211. The number of ether oxygens (including phenoxy) is 2. The molecule has 0 heterocycles. The molecule has 0 unspecified atom stereocenters. The Morgan fingerprint density at radius 2 is 1.96 bits per heavy atom. The molecule has 0 atom stereocenters. The normalized spacial score (nSPS) is 10.5. The van der Waals surface area contributed by atoms with E-state index < -0.39 is 5.91 Å². The second-order valence-electron chi connectivity index (χ2n) is 5.30. The predicted molar refractivity (Wildman–Crippen MR) is 99.7 cm³/mol. The predicted octanol–water partition coefficient (Wildman–Crippen LogP) is 3.44. The first-order valence-corrected chi connectivity index (χ1v) is 8.43. The van der Waals surface area contributed by atoms with Gasteiger partial charge in [0.2, 0.25) is 0 Å². The van der Waals surface area contributed by atoms with E-state index in [0.717, 1.165) is 12.0 Å². The van der Waals surface area contributed by atoms with Crippen LogP contribution in [0.5, 0.6) is 5.75 Å². The topological polar surface area (TPSA) is 77.0 Å². The van der Waals surface area contributed by atoms with Crippen LogP contribution in [0.3, 0.4) is 0 Å². The molecule has 2 aromatic rings. The molecule has 0 bridgehead atoms. The van der Waals surface area contributed by atoms with Crippen molar-refractivity contribution in [3.63, 3.8) is 0 Å². The van der Waals surface area contributed by atoms with Crippen LogP contribution >= 0.6 is 11.6 Å². The summed E-state index contributed by atoms with van der Waals surface area (Å²) in [5.74, 6) is -0.327. The van der Waals surface area contributed by atoms with Crippen LogP contribution < -0.4 is 10.2 Å². The minimum atomic E-state index is -0.408. The second-order valence-corrected chi connectivity index (χ2v) is 5.73. The second kappa shape index (κ2) is 10.2. The molecule has 0 aliphatic carbocycles. The van der Waals surface area contributed by atoms with Crippen molar-refractivity contribution in [1.29, 1.82) is 0 Å². The summed E-state index contributed by atoms with van der Waals surface area (Å²) in [6, 6.07) is 13.4. The first kappa shape index (κ1) is 19.5. The highest BCUT2D eigenvalue weighted by atomic mass is 35.5. The average Bonchev–Trinajstić information content (AvgIpc) is 2.65. The minimum absolute atomic E-state index is 0.202. The van der Waals surface area contributed by atoms with E-state index in [1.54, 1.807) is 42.5 Å². The van der Waals surface area contributed by atoms with Gasteiger partial charge in [0.05, 0.1) is 18.4 Å². The number of carbonyl (C=O) groups is 2. The lowest BCUT2D eigenvalue weighted by molar-refractivity contribution is -0.123. The van der Waals surface area contributed by atoms with Crippen LogP contribution in [-0.4, -0.2) is 31.3 Å². The summed E-state index contributed by atoms with van der Waals surface area (Å²) in [4.78, 5) is 23.4. The van der Waals surface area contributed by atoms with Gasteiger partial charge in [-0.3, -0.25) is 4.79 Å². The zero-order chi connectivity index (χ0) is 18.8. The fourth-order valence-electron chi connectivity index (χ4n) is 1.91. The van der Waals surface area contributed by atoms with Gasteiger partial charge >= 0.3 is 5.97 Å². The number of halogens is 1. The molecule has 2 rings (SSSR count). The number of carbonyl (C=O) groups excluding carboxylic acids is 2. The van der Waals surface area contributed by atoms with Crippen molar-refractivity contribution >= 4 is 29.7 Å². The monoisotopic (exact) mass is 374 g/mol.